The molecule has 0 fully saturated rings. The van der Waals surface area contributed by atoms with Gasteiger partial charge in [0.1, 0.15) is 28.5 Å². The summed E-state index contributed by atoms with van der Waals surface area (Å²) in [6.45, 7) is 1.90. The largest absolute Gasteiger partial charge is 0.479 e. The predicted octanol–water partition coefficient (Wildman–Crippen LogP) is 4.33. The van der Waals surface area contributed by atoms with E-state index in [0.717, 1.165) is 18.2 Å². The number of hydrogen-bond donors (Lipinski definition) is 0. The molecule has 0 aliphatic heterocycles. The van der Waals surface area contributed by atoms with Gasteiger partial charge in [-0.2, -0.15) is 15.2 Å². The van der Waals surface area contributed by atoms with Gasteiger partial charge in [-0.1, -0.05) is 18.2 Å². The van der Waals surface area contributed by atoms with Crippen LogP contribution in [-0.4, -0.2) is 49.2 Å². The van der Waals surface area contributed by atoms with E-state index in [4.69, 9.17) is 9.47 Å². The van der Waals surface area contributed by atoms with Crippen molar-refractivity contribution in [2.24, 2.45) is 0 Å². The van der Waals surface area contributed by atoms with Crippen molar-refractivity contribution in [2.45, 2.75) is 13.5 Å². The minimum Gasteiger partial charge on any atom is -0.479 e. The quantitative estimate of drug-likeness (QED) is 0.302. The van der Waals surface area contributed by atoms with Crippen LogP contribution in [0.2, 0.25) is 0 Å². The van der Waals surface area contributed by atoms with Crippen molar-refractivity contribution in [1.82, 2.24) is 29.5 Å². The van der Waals surface area contributed by atoms with Crippen LogP contribution in [0.3, 0.4) is 0 Å². The van der Waals surface area contributed by atoms with Crippen LogP contribution in [0.1, 0.15) is 22.8 Å². The molecular weight excluding hydrogens is 489 g/mol. The van der Waals surface area contributed by atoms with E-state index in [-0.39, 0.29) is 47.2 Å². The van der Waals surface area contributed by atoms with E-state index in [1.807, 2.05) is 0 Å². The van der Waals surface area contributed by atoms with Crippen LogP contribution in [0.5, 0.6) is 5.88 Å². The van der Waals surface area contributed by atoms with Gasteiger partial charge in [-0.05, 0) is 30.7 Å². The summed E-state index contributed by atoms with van der Waals surface area (Å²) < 4.78 is 56.4. The zero-order valence-electron chi connectivity index (χ0n) is 19.7. The van der Waals surface area contributed by atoms with E-state index >= 15 is 0 Å². The molecule has 0 saturated carbocycles. The highest BCUT2D eigenvalue weighted by Gasteiger charge is 2.19. The van der Waals surface area contributed by atoms with Gasteiger partial charge in [0.2, 0.25) is 5.88 Å². The Labute approximate surface area is 208 Å². The third-order valence-electron chi connectivity index (χ3n) is 5.56. The topological polar surface area (TPSA) is 97.0 Å². The molecule has 0 saturated heterocycles. The molecule has 2 aromatic carbocycles. The fraction of sp³-hybridized carbons (Fsp3) is 0.160. The molecular formula is C25H19F3N6O3. The molecule has 0 unspecified atom stereocenters. The monoisotopic (exact) mass is 508 g/mol. The molecule has 0 amide bonds. The van der Waals surface area contributed by atoms with Crippen molar-refractivity contribution >= 4 is 17.0 Å². The number of nitrogens with zero attached hydrogens (tertiary/aromatic N) is 6. The maximum absolute atomic E-state index is 15.0. The Morgan fingerprint density at radius 3 is 2.49 bits per heavy atom. The zero-order chi connectivity index (χ0) is 26.1. The van der Waals surface area contributed by atoms with Gasteiger partial charge in [-0.15, -0.1) is 0 Å². The summed E-state index contributed by atoms with van der Waals surface area (Å²) in [5, 5.41) is 8.39. The average molecular weight is 508 g/mol. The summed E-state index contributed by atoms with van der Waals surface area (Å²) >= 11 is 0. The number of methoxy groups -OCH3 is 1. The lowest BCUT2D eigenvalue weighted by Gasteiger charge is -2.10. The fourth-order valence-corrected chi connectivity index (χ4v) is 3.84. The van der Waals surface area contributed by atoms with Crippen molar-refractivity contribution in [3.63, 3.8) is 0 Å². The van der Waals surface area contributed by atoms with E-state index in [1.165, 1.54) is 53.3 Å². The zero-order valence-corrected chi connectivity index (χ0v) is 19.7. The standard InChI is InChI=1S/C25H19F3N6O3/c1-3-37-24(35)16-10-29-34(13-16)25-31-20-11-30-33(22(20)23(32-25)36-2)12-15-8-7-14(9-19(15)28)21-17(26)5-4-6-18(21)27/h4-11,13H,3,12H2,1-2H3. The number of carbonyl (C=O) groups is 1. The summed E-state index contributed by atoms with van der Waals surface area (Å²) in [6, 6.07) is 7.42. The Kier molecular flexibility index (Phi) is 6.30. The summed E-state index contributed by atoms with van der Waals surface area (Å²) in [4.78, 5) is 20.7. The minimum absolute atomic E-state index is 0.0246. The third-order valence-corrected chi connectivity index (χ3v) is 5.56. The Bertz CT molecular complexity index is 1610. The highest BCUT2D eigenvalue weighted by atomic mass is 19.1. The lowest BCUT2D eigenvalue weighted by molar-refractivity contribution is 0.0526. The summed E-state index contributed by atoms with van der Waals surface area (Å²) in [5.41, 5.74) is 1.02. The number of ether oxygens (including phenoxy) is 2. The van der Waals surface area contributed by atoms with Crippen LogP contribution in [0.4, 0.5) is 13.2 Å². The van der Waals surface area contributed by atoms with Crippen LogP contribution >= 0.6 is 0 Å². The van der Waals surface area contributed by atoms with Gasteiger partial charge >= 0.3 is 5.97 Å². The van der Waals surface area contributed by atoms with Gasteiger partial charge in [0.05, 0.1) is 43.8 Å². The minimum atomic E-state index is -0.783. The highest BCUT2D eigenvalue weighted by molar-refractivity contribution is 5.88. The van der Waals surface area contributed by atoms with E-state index < -0.39 is 23.4 Å². The van der Waals surface area contributed by atoms with Gasteiger partial charge in [-0.25, -0.2) is 27.6 Å². The molecule has 0 bridgehead atoms. The van der Waals surface area contributed by atoms with Crippen LogP contribution < -0.4 is 4.74 Å². The Hall–Kier alpha value is -4.74. The van der Waals surface area contributed by atoms with E-state index in [2.05, 4.69) is 20.2 Å². The molecule has 0 radical (unpaired) electrons. The number of carbonyl (C=O) groups excluding carboxylic acids is 1. The molecule has 0 N–H and O–H groups in total. The van der Waals surface area contributed by atoms with Crippen molar-refractivity contribution < 1.29 is 27.4 Å². The Morgan fingerprint density at radius 1 is 1.00 bits per heavy atom. The van der Waals surface area contributed by atoms with Crippen LogP contribution in [0.15, 0.2) is 55.0 Å². The smallest absolute Gasteiger partial charge is 0.341 e. The molecule has 12 heteroatoms. The number of esters is 1. The van der Waals surface area contributed by atoms with Gasteiger partial charge in [0.15, 0.2) is 0 Å². The number of rotatable bonds is 7. The maximum atomic E-state index is 15.0. The third kappa shape index (κ3) is 4.48. The van der Waals surface area contributed by atoms with Crippen molar-refractivity contribution in [1.29, 1.82) is 0 Å². The molecule has 188 valence electrons. The number of benzene rings is 2. The summed E-state index contributed by atoms with van der Waals surface area (Å²) in [6.07, 6.45) is 4.22. The molecule has 3 aromatic heterocycles. The first kappa shape index (κ1) is 24.0. The number of aromatic nitrogens is 6. The van der Waals surface area contributed by atoms with Crippen LogP contribution in [0, 0.1) is 17.5 Å². The first-order chi connectivity index (χ1) is 17.9. The average Bonchev–Trinajstić information content (AvgIpc) is 3.53. The molecule has 9 nitrogen and oxygen atoms in total. The van der Waals surface area contributed by atoms with Gasteiger partial charge in [0.25, 0.3) is 5.95 Å². The van der Waals surface area contributed by atoms with Gasteiger partial charge in [-0.3, -0.25) is 4.68 Å². The second-order valence-corrected chi connectivity index (χ2v) is 7.87. The van der Waals surface area contributed by atoms with E-state index in [9.17, 15) is 18.0 Å². The lowest BCUT2D eigenvalue weighted by Crippen LogP contribution is -2.08. The highest BCUT2D eigenvalue weighted by Crippen LogP contribution is 2.29. The number of hydrogen-bond acceptors (Lipinski definition) is 7. The van der Waals surface area contributed by atoms with Gasteiger partial charge < -0.3 is 9.47 Å². The van der Waals surface area contributed by atoms with Crippen LogP contribution in [0.25, 0.3) is 28.1 Å². The fourth-order valence-electron chi connectivity index (χ4n) is 3.84. The SMILES string of the molecule is CCOC(=O)c1cnn(-c2nc(OC)c3c(cnn3Cc3ccc(-c4c(F)cccc4F)cc3F)n2)c1. The second kappa shape index (κ2) is 9.72. The Balaban J connectivity index is 1.47. The number of halogens is 3. The van der Waals surface area contributed by atoms with E-state index in [0.29, 0.717) is 11.0 Å². The summed E-state index contributed by atoms with van der Waals surface area (Å²) in [7, 11) is 1.41. The molecule has 0 spiro atoms. The first-order valence-corrected chi connectivity index (χ1v) is 11.1. The Morgan fingerprint density at radius 2 is 1.78 bits per heavy atom. The first-order valence-electron chi connectivity index (χ1n) is 11.1. The van der Waals surface area contributed by atoms with Crippen molar-refractivity contribution in [2.75, 3.05) is 13.7 Å². The predicted molar refractivity (Wildman–Crippen MR) is 126 cm³/mol. The molecule has 5 aromatic rings. The molecule has 0 aliphatic rings. The molecule has 0 atom stereocenters. The lowest BCUT2D eigenvalue weighted by atomic mass is 10.0. The molecule has 5 rings (SSSR count). The second-order valence-electron chi connectivity index (χ2n) is 7.87. The van der Waals surface area contributed by atoms with Crippen LogP contribution in [-0.2, 0) is 11.3 Å². The molecule has 0 aliphatic carbocycles. The normalized spacial score (nSPS) is 11.2. The van der Waals surface area contributed by atoms with Crippen molar-refractivity contribution in [3.8, 4) is 23.0 Å². The van der Waals surface area contributed by atoms with Crippen molar-refractivity contribution in [3.05, 3.63) is 83.6 Å². The maximum Gasteiger partial charge on any atom is 0.341 e. The van der Waals surface area contributed by atoms with Gasteiger partial charge in [0, 0.05) is 11.8 Å². The molecule has 37 heavy (non-hydrogen) atoms. The molecule has 3 heterocycles. The summed E-state index contributed by atoms with van der Waals surface area (Å²) in [5.74, 6) is -2.48. The number of fused-ring (bicyclic) bond motifs is 1. The van der Waals surface area contributed by atoms with E-state index in [1.54, 1.807) is 6.92 Å².